The van der Waals surface area contributed by atoms with Gasteiger partial charge in [0, 0.05) is 20.0 Å². The van der Waals surface area contributed by atoms with Gasteiger partial charge in [0.2, 0.25) is 5.91 Å². The van der Waals surface area contributed by atoms with Crippen molar-refractivity contribution in [1.29, 1.82) is 0 Å². The standard InChI is InChI=1S/C11H24N2O/c1-6-7-8-10(14)13(5)12-9-11(2,3)4/h12H,6-9H2,1-5H3. The highest BCUT2D eigenvalue weighted by Gasteiger charge is 2.13. The quantitative estimate of drug-likeness (QED) is 0.690. The second-order valence-electron chi connectivity index (χ2n) is 4.95. The molecule has 0 aromatic rings. The zero-order valence-electron chi connectivity index (χ0n) is 10.2. The minimum Gasteiger partial charge on any atom is -0.281 e. The molecule has 3 heteroatoms. The first-order valence-electron chi connectivity index (χ1n) is 5.37. The van der Waals surface area contributed by atoms with E-state index < -0.39 is 0 Å². The maximum Gasteiger partial charge on any atom is 0.236 e. The average molecular weight is 200 g/mol. The van der Waals surface area contributed by atoms with Gasteiger partial charge >= 0.3 is 0 Å². The molecule has 0 aromatic carbocycles. The summed E-state index contributed by atoms with van der Waals surface area (Å²) in [7, 11) is 1.80. The Balaban J connectivity index is 3.73. The van der Waals surface area contributed by atoms with E-state index in [0.29, 0.717) is 6.42 Å². The second-order valence-corrected chi connectivity index (χ2v) is 4.95. The molecule has 0 spiro atoms. The topological polar surface area (TPSA) is 32.3 Å². The fourth-order valence-electron chi connectivity index (χ4n) is 0.940. The number of carbonyl (C=O) groups excluding carboxylic acids is 1. The number of hydrogen-bond acceptors (Lipinski definition) is 2. The van der Waals surface area contributed by atoms with Gasteiger partial charge in [-0.25, -0.2) is 5.43 Å². The third kappa shape index (κ3) is 6.89. The molecule has 0 fully saturated rings. The van der Waals surface area contributed by atoms with Crippen LogP contribution < -0.4 is 5.43 Å². The molecule has 0 bridgehead atoms. The molecule has 3 nitrogen and oxygen atoms in total. The van der Waals surface area contributed by atoms with E-state index in [1.807, 2.05) is 0 Å². The highest BCUT2D eigenvalue weighted by molar-refractivity contribution is 5.75. The van der Waals surface area contributed by atoms with Crippen molar-refractivity contribution in [3.05, 3.63) is 0 Å². The molecule has 0 saturated heterocycles. The Kier molecular flexibility index (Phi) is 5.77. The van der Waals surface area contributed by atoms with Crippen molar-refractivity contribution in [2.75, 3.05) is 13.6 Å². The van der Waals surface area contributed by atoms with E-state index in [1.165, 1.54) is 0 Å². The van der Waals surface area contributed by atoms with Crippen LogP contribution in [-0.2, 0) is 4.79 Å². The first-order chi connectivity index (χ1) is 6.37. The molecule has 0 unspecified atom stereocenters. The third-order valence-corrected chi connectivity index (χ3v) is 1.96. The molecular formula is C11H24N2O. The molecule has 0 aromatic heterocycles. The lowest BCUT2D eigenvalue weighted by Crippen LogP contribution is -2.43. The summed E-state index contributed by atoms with van der Waals surface area (Å²) < 4.78 is 0. The Morgan fingerprint density at radius 1 is 1.36 bits per heavy atom. The van der Waals surface area contributed by atoms with Crippen LogP contribution in [0.15, 0.2) is 0 Å². The lowest BCUT2D eigenvalue weighted by molar-refractivity contribution is -0.133. The molecule has 1 N–H and O–H groups in total. The number of hydrogen-bond donors (Lipinski definition) is 1. The van der Waals surface area contributed by atoms with Gasteiger partial charge in [0.05, 0.1) is 0 Å². The number of rotatable bonds is 5. The van der Waals surface area contributed by atoms with Crippen molar-refractivity contribution in [2.24, 2.45) is 5.41 Å². The van der Waals surface area contributed by atoms with E-state index in [9.17, 15) is 4.79 Å². The molecule has 84 valence electrons. The largest absolute Gasteiger partial charge is 0.281 e. The Hall–Kier alpha value is -0.570. The van der Waals surface area contributed by atoms with Crippen LogP contribution in [0.1, 0.15) is 47.0 Å². The summed E-state index contributed by atoms with van der Waals surface area (Å²) in [5.74, 6) is 0.177. The second kappa shape index (κ2) is 6.02. The minimum atomic E-state index is 0.177. The number of nitrogens with zero attached hydrogens (tertiary/aromatic N) is 1. The fraction of sp³-hybridized carbons (Fsp3) is 0.909. The molecule has 1 amide bonds. The van der Waals surface area contributed by atoms with Crippen LogP contribution in [0.4, 0.5) is 0 Å². The fourth-order valence-corrected chi connectivity index (χ4v) is 0.940. The minimum absolute atomic E-state index is 0.177. The summed E-state index contributed by atoms with van der Waals surface area (Å²) in [6, 6.07) is 0. The predicted molar refractivity (Wildman–Crippen MR) is 59.8 cm³/mol. The molecule has 14 heavy (non-hydrogen) atoms. The van der Waals surface area contributed by atoms with Crippen LogP contribution in [0.3, 0.4) is 0 Å². The van der Waals surface area contributed by atoms with Gasteiger partial charge in [-0.1, -0.05) is 34.1 Å². The van der Waals surface area contributed by atoms with E-state index in [2.05, 4.69) is 33.1 Å². The monoisotopic (exact) mass is 200 g/mol. The first-order valence-corrected chi connectivity index (χ1v) is 5.37. The lowest BCUT2D eigenvalue weighted by atomic mass is 9.97. The van der Waals surface area contributed by atoms with Crippen LogP contribution >= 0.6 is 0 Å². The Morgan fingerprint density at radius 2 is 1.93 bits per heavy atom. The van der Waals surface area contributed by atoms with Crippen LogP contribution in [0.25, 0.3) is 0 Å². The normalized spacial score (nSPS) is 11.5. The van der Waals surface area contributed by atoms with Crippen molar-refractivity contribution < 1.29 is 4.79 Å². The number of carbonyl (C=O) groups is 1. The molecule has 0 radical (unpaired) electrons. The maximum absolute atomic E-state index is 11.5. The molecule has 0 aliphatic heterocycles. The van der Waals surface area contributed by atoms with Crippen molar-refractivity contribution in [1.82, 2.24) is 10.4 Å². The number of nitrogens with one attached hydrogen (secondary N) is 1. The number of unbranched alkanes of at least 4 members (excludes halogenated alkanes) is 1. The van der Waals surface area contributed by atoms with Gasteiger partial charge in [0.25, 0.3) is 0 Å². The van der Waals surface area contributed by atoms with Gasteiger partial charge in [0.1, 0.15) is 0 Å². The lowest BCUT2D eigenvalue weighted by Gasteiger charge is -2.25. The van der Waals surface area contributed by atoms with Gasteiger partial charge in [-0.2, -0.15) is 0 Å². The smallest absolute Gasteiger partial charge is 0.236 e. The van der Waals surface area contributed by atoms with E-state index >= 15 is 0 Å². The summed E-state index contributed by atoms with van der Waals surface area (Å²) in [6.45, 7) is 9.34. The highest BCUT2D eigenvalue weighted by Crippen LogP contribution is 2.10. The number of hydrazine groups is 1. The summed E-state index contributed by atoms with van der Waals surface area (Å²) in [5, 5.41) is 1.61. The van der Waals surface area contributed by atoms with Crippen molar-refractivity contribution in [2.45, 2.75) is 47.0 Å². The van der Waals surface area contributed by atoms with Crippen LogP contribution in [0, 0.1) is 5.41 Å². The SMILES string of the molecule is CCCCC(=O)N(C)NCC(C)(C)C. The predicted octanol–water partition coefficient (Wildman–Crippen LogP) is 2.19. The third-order valence-electron chi connectivity index (χ3n) is 1.96. The van der Waals surface area contributed by atoms with E-state index in [-0.39, 0.29) is 11.3 Å². The van der Waals surface area contributed by atoms with Gasteiger partial charge in [-0.15, -0.1) is 0 Å². The summed E-state index contributed by atoms with van der Waals surface area (Å²) >= 11 is 0. The molecular weight excluding hydrogens is 176 g/mol. The zero-order valence-corrected chi connectivity index (χ0v) is 10.2. The summed E-state index contributed by atoms with van der Waals surface area (Å²) in [5.41, 5.74) is 3.32. The van der Waals surface area contributed by atoms with Crippen LogP contribution in [-0.4, -0.2) is 24.5 Å². The van der Waals surface area contributed by atoms with Gasteiger partial charge < -0.3 is 0 Å². The Morgan fingerprint density at radius 3 is 2.36 bits per heavy atom. The zero-order chi connectivity index (χ0) is 11.2. The van der Waals surface area contributed by atoms with Gasteiger partial charge in [0.15, 0.2) is 0 Å². The molecule has 0 heterocycles. The Labute approximate surface area is 87.8 Å². The van der Waals surface area contributed by atoms with Gasteiger partial charge in [-0.3, -0.25) is 9.80 Å². The average Bonchev–Trinajstić information content (AvgIpc) is 2.09. The molecule has 0 atom stereocenters. The number of amides is 1. The van der Waals surface area contributed by atoms with Crippen LogP contribution in [0.5, 0.6) is 0 Å². The van der Waals surface area contributed by atoms with Crippen molar-refractivity contribution >= 4 is 5.91 Å². The van der Waals surface area contributed by atoms with E-state index in [4.69, 9.17) is 0 Å². The molecule has 0 aliphatic carbocycles. The first kappa shape index (κ1) is 13.4. The summed E-state index contributed by atoms with van der Waals surface area (Å²) in [4.78, 5) is 11.5. The molecule has 0 rings (SSSR count). The van der Waals surface area contributed by atoms with E-state index in [0.717, 1.165) is 19.4 Å². The van der Waals surface area contributed by atoms with E-state index in [1.54, 1.807) is 12.1 Å². The van der Waals surface area contributed by atoms with Gasteiger partial charge in [-0.05, 0) is 11.8 Å². The van der Waals surface area contributed by atoms with Crippen molar-refractivity contribution in [3.63, 3.8) is 0 Å². The van der Waals surface area contributed by atoms with Crippen molar-refractivity contribution in [3.8, 4) is 0 Å². The summed E-state index contributed by atoms with van der Waals surface area (Å²) in [6.07, 6.45) is 2.68. The highest BCUT2D eigenvalue weighted by atomic mass is 16.2. The Bertz CT molecular complexity index is 173. The van der Waals surface area contributed by atoms with Crippen LogP contribution in [0.2, 0.25) is 0 Å². The maximum atomic E-state index is 11.5. The molecule has 0 aliphatic rings. The molecule has 0 saturated carbocycles.